The van der Waals surface area contributed by atoms with Crippen LogP contribution in [0.5, 0.6) is 0 Å². The molecule has 0 spiro atoms. The van der Waals surface area contributed by atoms with Crippen molar-refractivity contribution in [1.82, 2.24) is 15.6 Å². The van der Waals surface area contributed by atoms with Crippen LogP contribution in [0.15, 0.2) is 66.2 Å². The number of aliphatic hydroxyl groups is 1. The number of aromatic nitrogens is 1. The summed E-state index contributed by atoms with van der Waals surface area (Å²) in [5.74, 6) is -0.745. The van der Waals surface area contributed by atoms with Crippen LogP contribution >= 0.6 is 0 Å². The number of aliphatic hydroxyl groups excluding tert-OH is 1. The molecule has 1 amide bonds. The number of fused-ring (bicyclic) bond motifs is 1. The van der Waals surface area contributed by atoms with Gasteiger partial charge in [0, 0.05) is 50.1 Å². The van der Waals surface area contributed by atoms with Crippen LogP contribution in [0, 0.1) is 5.82 Å². The Hall–Kier alpha value is -3.68. The second kappa shape index (κ2) is 10.5. The van der Waals surface area contributed by atoms with Crippen molar-refractivity contribution in [2.75, 3.05) is 13.7 Å². The van der Waals surface area contributed by atoms with E-state index in [-0.39, 0.29) is 36.6 Å². The van der Waals surface area contributed by atoms with E-state index in [0.29, 0.717) is 24.2 Å². The quantitative estimate of drug-likeness (QED) is 0.445. The highest BCUT2D eigenvalue weighted by atomic mass is 19.1. The van der Waals surface area contributed by atoms with Gasteiger partial charge in [0.15, 0.2) is 0 Å². The molecule has 174 valence electrons. The van der Waals surface area contributed by atoms with E-state index in [4.69, 9.17) is 4.98 Å². The van der Waals surface area contributed by atoms with Crippen molar-refractivity contribution in [3.8, 4) is 11.3 Å². The van der Waals surface area contributed by atoms with Gasteiger partial charge in [0.2, 0.25) is 0 Å². The molecular formula is C27H27FN4O2. The van der Waals surface area contributed by atoms with Crippen LogP contribution in [0.3, 0.4) is 0 Å². The average Bonchev–Trinajstić information content (AvgIpc) is 3.26. The number of carbonyl (C=O) groups excluding carboxylic acids is 1. The highest BCUT2D eigenvalue weighted by molar-refractivity contribution is 6.09. The van der Waals surface area contributed by atoms with Gasteiger partial charge in [-0.1, -0.05) is 43.0 Å². The van der Waals surface area contributed by atoms with Crippen LogP contribution in [0.4, 0.5) is 4.39 Å². The Balaban J connectivity index is 1.72. The standard InChI is InChI=1S/C27H27FN4O2/c1-17(14-29-2)18-7-5-8-19(12-18)26-25-21(16-30-23(25)10-11-33)13-24(32-26)27(34)31-15-20-6-3-4-9-22(20)28/h3-9,12-14,23,30,33H,1,10-11,15-16H2,2H3,(H,31,34)/b29-14-/t23-/m1/s1. The number of benzene rings is 2. The third kappa shape index (κ3) is 4.95. The maximum Gasteiger partial charge on any atom is 0.270 e. The number of amides is 1. The molecule has 1 atom stereocenters. The lowest BCUT2D eigenvalue weighted by atomic mass is 9.94. The van der Waals surface area contributed by atoms with Gasteiger partial charge in [0.05, 0.1) is 5.69 Å². The van der Waals surface area contributed by atoms with Gasteiger partial charge in [0.25, 0.3) is 5.91 Å². The van der Waals surface area contributed by atoms with E-state index >= 15 is 0 Å². The van der Waals surface area contributed by atoms with Crippen LogP contribution < -0.4 is 10.6 Å². The van der Waals surface area contributed by atoms with Crippen molar-refractivity contribution < 1.29 is 14.3 Å². The summed E-state index contributed by atoms with van der Waals surface area (Å²) in [7, 11) is 1.69. The molecule has 0 unspecified atom stereocenters. The van der Waals surface area contributed by atoms with Crippen LogP contribution in [-0.2, 0) is 13.1 Å². The Labute approximate surface area is 198 Å². The van der Waals surface area contributed by atoms with E-state index in [1.807, 2.05) is 24.3 Å². The number of nitrogens with zero attached hydrogens (tertiary/aromatic N) is 2. The molecule has 4 rings (SSSR count). The summed E-state index contributed by atoms with van der Waals surface area (Å²) in [4.78, 5) is 21.8. The van der Waals surface area contributed by atoms with Crippen molar-refractivity contribution in [2.24, 2.45) is 4.99 Å². The van der Waals surface area contributed by atoms with Crippen molar-refractivity contribution in [1.29, 1.82) is 0 Å². The number of aliphatic imine (C=N–C) groups is 1. The van der Waals surface area contributed by atoms with Gasteiger partial charge in [-0.2, -0.15) is 0 Å². The van der Waals surface area contributed by atoms with Gasteiger partial charge in [-0.05, 0) is 46.9 Å². The second-order valence-electron chi connectivity index (χ2n) is 8.14. The maximum atomic E-state index is 14.0. The predicted octanol–water partition coefficient (Wildman–Crippen LogP) is 4.06. The molecule has 1 aliphatic heterocycles. The molecule has 3 aromatic rings. The number of allylic oxidation sites excluding steroid dienone is 1. The summed E-state index contributed by atoms with van der Waals surface area (Å²) in [5.41, 5.74) is 5.80. The first-order chi connectivity index (χ1) is 16.5. The predicted molar refractivity (Wildman–Crippen MR) is 132 cm³/mol. The van der Waals surface area contributed by atoms with Gasteiger partial charge in [0.1, 0.15) is 11.5 Å². The molecule has 0 bridgehead atoms. The minimum absolute atomic E-state index is 0.0330. The van der Waals surface area contributed by atoms with Crippen LogP contribution in [0.1, 0.15) is 45.2 Å². The maximum absolute atomic E-state index is 14.0. The van der Waals surface area contributed by atoms with E-state index in [9.17, 15) is 14.3 Å². The Morgan fingerprint density at radius 2 is 2.12 bits per heavy atom. The van der Waals surface area contributed by atoms with Gasteiger partial charge in [-0.25, -0.2) is 9.37 Å². The van der Waals surface area contributed by atoms with Crippen LogP contribution in [0.25, 0.3) is 16.8 Å². The second-order valence-corrected chi connectivity index (χ2v) is 8.14. The van der Waals surface area contributed by atoms with Crippen molar-refractivity contribution in [2.45, 2.75) is 25.6 Å². The molecule has 0 fully saturated rings. The molecule has 6 nitrogen and oxygen atoms in total. The first-order valence-corrected chi connectivity index (χ1v) is 11.1. The Bertz CT molecular complexity index is 1260. The van der Waals surface area contributed by atoms with E-state index < -0.39 is 0 Å². The number of rotatable bonds is 8. The SMILES string of the molecule is C=C(/C=N\C)c1cccc(-c2nc(C(=O)NCc3ccccc3F)cc3c2[C@@H](CCO)NC3)c1. The summed E-state index contributed by atoms with van der Waals surface area (Å²) >= 11 is 0. The largest absolute Gasteiger partial charge is 0.396 e. The third-order valence-electron chi connectivity index (χ3n) is 5.87. The number of nitrogens with one attached hydrogen (secondary N) is 2. The normalized spacial score (nSPS) is 14.9. The number of pyridine rings is 1. The Morgan fingerprint density at radius 3 is 2.88 bits per heavy atom. The monoisotopic (exact) mass is 458 g/mol. The number of carbonyl (C=O) groups is 1. The zero-order valence-corrected chi connectivity index (χ0v) is 19.0. The Kier molecular flexibility index (Phi) is 7.25. The summed E-state index contributed by atoms with van der Waals surface area (Å²) < 4.78 is 14.0. The molecule has 1 aliphatic rings. The minimum atomic E-state index is -0.378. The van der Waals surface area contributed by atoms with Gasteiger partial charge < -0.3 is 15.7 Å². The van der Waals surface area contributed by atoms with Crippen molar-refractivity contribution in [3.63, 3.8) is 0 Å². The number of hydrogen-bond acceptors (Lipinski definition) is 5. The molecule has 0 radical (unpaired) electrons. The zero-order chi connectivity index (χ0) is 24.1. The fraction of sp³-hybridized carbons (Fsp3) is 0.222. The molecule has 0 saturated heterocycles. The fourth-order valence-electron chi connectivity index (χ4n) is 4.19. The first kappa shape index (κ1) is 23.5. The lowest BCUT2D eigenvalue weighted by Gasteiger charge is -2.17. The highest BCUT2D eigenvalue weighted by Crippen LogP contribution is 2.36. The highest BCUT2D eigenvalue weighted by Gasteiger charge is 2.28. The number of halogens is 1. The van der Waals surface area contributed by atoms with Crippen LogP contribution in [-0.4, -0.2) is 35.9 Å². The number of hydrogen-bond donors (Lipinski definition) is 3. The fourth-order valence-corrected chi connectivity index (χ4v) is 4.19. The molecular weight excluding hydrogens is 431 g/mol. The molecule has 0 saturated carbocycles. The third-order valence-corrected chi connectivity index (χ3v) is 5.87. The molecule has 3 N–H and O–H groups in total. The topological polar surface area (TPSA) is 86.6 Å². The molecule has 2 heterocycles. The molecule has 7 heteroatoms. The molecule has 2 aromatic carbocycles. The lowest BCUT2D eigenvalue weighted by molar-refractivity contribution is 0.0945. The first-order valence-electron chi connectivity index (χ1n) is 11.1. The van der Waals surface area contributed by atoms with E-state index in [1.54, 1.807) is 37.5 Å². The van der Waals surface area contributed by atoms with E-state index in [1.165, 1.54) is 6.07 Å². The molecule has 34 heavy (non-hydrogen) atoms. The van der Waals surface area contributed by atoms with Gasteiger partial charge >= 0.3 is 0 Å². The summed E-state index contributed by atoms with van der Waals surface area (Å²) in [6.07, 6.45) is 2.23. The van der Waals surface area contributed by atoms with Crippen molar-refractivity contribution >= 4 is 17.7 Å². The summed E-state index contributed by atoms with van der Waals surface area (Å²) in [6, 6.07) is 15.8. The lowest BCUT2D eigenvalue weighted by Crippen LogP contribution is -2.25. The molecule has 0 aliphatic carbocycles. The van der Waals surface area contributed by atoms with E-state index in [0.717, 1.165) is 27.8 Å². The summed E-state index contributed by atoms with van der Waals surface area (Å²) in [6.45, 7) is 4.73. The average molecular weight is 459 g/mol. The molecule has 1 aromatic heterocycles. The van der Waals surface area contributed by atoms with Crippen molar-refractivity contribution in [3.05, 3.63) is 94.9 Å². The van der Waals surface area contributed by atoms with Gasteiger partial charge in [-0.15, -0.1) is 0 Å². The van der Waals surface area contributed by atoms with E-state index in [2.05, 4.69) is 22.2 Å². The zero-order valence-electron chi connectivity index (χ0n) is 19.0. The summed E-state index contributed by atoms with van der Waals surface area (Å²) in [5, 5.41) is 15.7. The van der Waals surface area contributed by atoms with Crippen LogP contribution in [0.2, 0.25) is 0 Å². The minimum Gasteiger partial charge on any atom is -0.396 e. The Morgan fingerprint density at radius 1 is 1.29 bits per heavy atom. The van der Waals surface area contributed by atoms with Gasteiger partial charge in [-0.3, -0.25) is 9.79 Å². The smallest absolute Gasteiger partial charge is 0.270 e.